The monoisotopic (exact) mass is 513 g/mol. The number of hydrogen-bond donors (Lipinski definition) is 6. The molecular weight excluding hydrogens is 462 g/mol. The fourth-order valence-electron chi connectivity index (χ4n) is 2.63. The average molecular weight is 514 g/mol. The summed E-state index contributed by atoms with van der Waals surface area (Å²) in [4.78, 5) is 29.8. The highest BCUT2D eigenvalue weighted by atomic mass is 16.4. The summed E-state index contributed by atoms with van der Waals surface area (Å²) in [6, 6.07) is 12.0. The molecule has 1 aromatic rings. The number of rotatable bonds is 15. The molecule has 0 spiro atoms. The van der Waals surface area contributed by atoms with E-state index in [4.69, 9.17) is 15.3 Å². The summed E-state index contributed by atoms with van der Waals surface area (Å²) in [6.07, 6.45) is 10.6. The molecule has 0 saturated heterocycles. The number of hydrogen-bond acceptors (Lipinski definition) is 3. The number of amides is 3. The third-order valence-corrected chi connectivity index (χ3v) is 4.59. The predicted octanol–water partition coefficient (Wildman–Crippen LogP) is 7.19. The highest BCUT2D eigenvalue weighted by molar-refractivity contribution is 5.64. The van der Waals surface area contributed by atoms with Crippen molar-refractivity contribution < 1.29 is 29.7 Å². The van der Waals surface area contributed by atoms with Crippen LogP contribution in [0.25, 0.3) is 0 Å². The van der Waals surface area contributed by atoms with Gasteiger partial charge < -0.3 is 31.3 Å². The van der Waals surface area contributed by atoms with Gasteiger partial charge in [0.15, 0.2) is 0 Å². The van der Waals surface area contributed by atoms with Crippen LogP contribution in [0.3, 0.4) is 0 Å². The Bertz CT molecular complexity index is 504. The summed E-state index contributed by atoms with van der Waals surface area (Å²) in [6.45, 7) is 8.17. The standard InChI is InChI=1S/3C7H15NO2.C6H6/c3*1-2-3-4-5-6-8-7(9)10;1-2-4-6-5-3-1/h3*8H,2-6H2,1H3,(H,9,10);1-6H. The lowest BCUT2D eigenvalue weighted by Gasteiger charge is -1.98. The lowest BCUT2D eigenvalue weighted by molar-refractivity contribution is 0.193. The van der Waals surface area contributed by atoms with Gasteiger partial charge >= 0.3 is 18.3 Å². The van der Waals surface area contributed by atoms with Crippen molar-refractivity contribution in [1.82, 2.24) is 16.0 Å². The van der Waals surface area contributed by atoms with Crippen molar-refractivity contribution in [2.75, 3.05) is 19.6 Å². The molecular formula is C27H51N3O6. The van der Waals surface area contributed by atoms with Crippen LogP contribution in [0, 0.1) is 0 Å². The van der Waals surface area contributed by atoms with Gasteiger partial charge in [-0.15, -0.1) is 0 Å². The van der Waals surface area contributed by atoms with E-state index in [-0.39, 0.29) is 0 Å². The summed E-state index contributed by atoms with van der Waals surface area (Å²) < 4.78 is 0. The van der Waals surface area contributed by atoms with Gasteiger partial charge in [-0.25, -0.2) is 14.4 Å². The quantitative estimate of drug-likeness (QED) is 0.137. The highest BCUT2D eigenvalue weighted by Crippen LogP contribution is 1.97. The van der Waals surface area contributed by atoms with E-state index in [0.717, 1.165) is 38.5 Å². The molecule has 3 amide bonds. The van der Waals surface area contributed by atoms with Crippen LogP contribution in [0.15, 0.2) is 36.4 Å². The van der Waals surface area contributed by atoms with Crippen LogP contribution in [0.2, 0.25) is 0 Å². The van der Waals surface area contributed by atoms with Crippen LogP contribution >= 0.6 is 0 Å². The molecule has 0 aliphatic carbocycles. The lowest BCUT2D eigenvalue weighted by atomic mass is 10.2. The van der Waals surface area contributed by atoms with Crippen LogP contribution < -0.4 is 16.0 Å². The van der Waals surface area contributed by atoms with Gasteiger partial charge in [-0.2, -0.15) is 0 Å². The second kappa shape index (κ2) is 34.2. The third kappa shape index (κ3) is 48.5. The highest BCUT2D eigenvalue weighted by Gasteiger charge is 1.93. The molecule has 1 rings (SSSR count). The van der Waals surface area contributed by atoms with E-state index in [1.165, 1.54) is 38.5 Å². The Balaban J connectivity index is -0.000000409. The first-order valence-electron chi connectivity index (χ1n) is 13.2. The van der Waals surface area contributed by atoms with Crippen LogP contribution in [0.5, 0.6) is 0 Å². The molecule has 0 radical (unpaired) electrons. The molecule has 0 unspecified atom stereocenters. The van der Waals surface area contributed by atoms with Gasteiger partial charge in [-0.05, 0) is 19.3 Å². The van der Waals surface area contributed by atoms with Crippen molar-refractivity contribution in [3.63, 3.8) is 0 Å². The fraction of sp³-hybridized carbons (Fsp3) is 0.667. The Kier molecular flexibility index (Phi) is 35.7. The van der Waals surface area contributed by atoms with Gasteiger partial charge in [-0.1, -0.05) is 115 Å². The zero-order valence-electron chi connectivity index (χ0n) is 22.6. The minimum atomic E-state index is -0.920. The molecule has 0 aromatic heterocycles. The normalized spacial score (nSPS) is 9.08. The van der Waals surface area contributed by atoms with Crippen molar-refractivity contribution >= 4 is 18.3 Å². The summed E-state index contributed by atoms with van der Waals surface area (Å²) in [5.41, 5.74) is 0. The zero-order valence-corrected chi connectivity index (χ0v) is 22.6. The Morgan fingerprint density at radius 3 is 0.833 bits per heavy atom. The van der Waals surface area contributed by atoms with Crippen molar-refractivity contribution in [3.8, 4) is 0 Å². The molecule has 0 aliphatic rings. The number of benzene rings is 1. The summed E-state index contributed by atoms with van der Waals surface area (Å²) in [5, 5.41) is 31.4. The van der Waals surface area contributed by atoms with E-state index in [1.54, 1.807) is 0 Å². The summed E-state index contributed by atoms with van der Waals surface area (Å²) in [7, 11) is 0. The smallest absolute Gasteiger partial charge is 0.404 e. The van der Waals surface area contributed by atoms with Gasteiger partial charge in [-0.3, -0.25) is 0 Å². The van der Waals surface area contributed by atoms with Crippen molar-refractivity contribution in [3.05, 3.63) is 36.4 Å². The Morgan fingerprint density at radius 2 is 0.667 bits per heavy atom. The van der Waals surface area contributed by atoms with Crippen LogP contribution in [0.1, 0.15) is 97.8 Å². The first kappa shape index (κ1) is 37.6. The van der Waals surface area contributed by atoms with E-state index in [2.05, 4.69) is 36.7 Å². The molecule has 210 valence electrons. The van der Waals surface area contributed by atoms with E-state index >= 15 is 0 Å². The van der Waals surface area contributed by atoms with Crippen molar-refractivity contribution in [1.29, 1.82) is 0 Å². The van der Waals surface area contributed by atoms with E-state index in [0.29, 0.717) is 19.6 Å². The van der Waals surface area contributed by atoms with E-state index in [1.807, 2.05) is 36.4 Å². The first-order chi connectivity index (χ1) is 17.3. The molecule has 9 heteroatoms. The Hall–Kier alpha value is -2.97. The molecule has 0 saturated carbocycles. The summed E-state index contributed by atoms with van der Waals surface area (Å²) in [5.74, 6) is 0. The largest absolute Gasteiger partial charge is 0.465 e. The Labute approximate surface area is 218 Å². The van der Waals surface area contributed by atoms with Crippen LogP contribution in [0.4, 0.5) is 14.4 Å². The van der Waals surface area contributed by atoms with Gasteiger partial charge in [0.1, 0.15) is 0 Å². The molecule has 0 heterocycles. The zero-order chi connectivity index (χ0) is 27.7. The minimum absolute atomic E-state index is 0.593. The van der Waals surface area contributed by atoms with Crippen LogP contribution in [-0.4, -0.2) is 53.2 Å². The Morgan fingerprint density at radius 1 is 0.444 bits per heavy atom. The maximum Gasteiger partial charge on any atom is 0.404 e. The maximum absolute atomic E-state index is 9.92. The van der Waals surface area contributed by atoms with E-state index in [9.17, 15) is 14.4 Å². The number of carboxylic acid groups (broad SMARTS) is 3. The minimum Gasteiger partial charge on any atom is -0.465 e. The van der Waals surface area contributed by atoms with Gasteiger partial charge in [0, 0.05) is 19.6 Å². The number of carbonyl (C=O) groups is 3. The first-order valence-corrected chi connectivity index (χ1v) is 13.2. The molecule has 36 heavy (non-hydrogen) atoms. The average Bonchev–Trinajstić information content (AvgIpc) is 2.85. The van der Waals surface area contributed by atoms with Crippen molar-refractivity contribution in [2.45, 2.75) is 97.8 Å². The number of nitrogens with one attached hydrogen (secondary N) is 3. The van der Waals surface area contributed by atoms with E-state index < -0.39 is 18.3 Å². The summed E-state index contributed by atoms with van der Waals surface area (Å²) >= 11 is 0. The molecule has 9 nitrogen and oxygen atoms in total. The molecule has 0 atom stereocenters. The topological polar surface area (TPSA) is 148 Å². The lowest BCUT2D eigenvalue weighted by Crippen LogP contribution is -2.21. The number of unbranched alkanes of at least 4 members (excludes halogenated alkanes) is 9. The molecule has 1 aromatic carbocycles. The van der Waals surface area contributed by atoms with Crippen LogP contribution in [-0.2, 0) is 0 Å². The maximum atomic E-state index is 9.92. The molecule has 0 aliphatic heterocycles. The molecule has 0 bridgehead atoms. The SMILES string of the molecule is CCCCCCNC(=O)O.CCCCCCNC(=O)O.CCCCCCNC(=O)O.c1ccccc1. The predicted molar refractivity (Wildman–Crippen MR) is 147 cm³/mol. The second-order valence-corrected chi connectivity index (χ2v) is 8.03. The van der Waals surface area contributed by atoms with Crippen molar-refractivity contribution in [2.24, 2.45) is 0 Å². The van der Waals surface area contributed by atoms with Gasteiger partial charge in [0.05, 0.1) is 0 Å². The van der Waals surface area contributed by atoms with Gasteiger partial charge in [0.25, 0.3) is 0 Å². The second-order valence-electron chi connectivity index (χ2n) is 8.03. The fourth-order valence-corrected chi connectivity index (χ4v) is 2.63. The van der Waals surface area contributed by atoms with Gasteiger partial charge in [0.2, 0.25) is 0 Å². The molecule has 0 fully saturated rings. The third-order valence-electron chi connectivity index (χ3n) is 4.59. The molecule has 6 N–H and O–H groups in total.